The summed E-state index contributed by atoms with van der Waals surface area (Å²) in [5, 5.41) is 6.18. The van der Waals surface area contributed by atoms with E-state index >= 15 is 0 Å². The van der Waals surface area contributed by atoms with Gasteiger partial charge in [0, 0.05) is 19.2 Å². The van der Waals surface area contributed by atoms with Gasteiger partial charge < -0.3 is 10.6 Å². The van der Waals surface area contributed by atoms with Gasteiger partial charge in [-0.25, -0.2) is 9.97 Å². The molecule has 1 amide bonds. The Labute approximate surface area is 121 Å². The van der Waals surface area contributed by atoms with E-state index in [1.807, 2.05) is 0 Å². The zero-order chi connectivity index (χ0) is 13.7. The molecule has 0 saturated carbocycles. The van der Waals surface area contributed by atoms with E-state index in [9.17, 15) is 4.79 Å². The van der Waals surface area contributed by atoms with E-state index in [4.69, 9.17) is 23.2 Å². The van der Waals surface area contributed by atoms with Gasteiger partial charge in [0.2, 0.25) is 11.2 Å². The zero-order valence-electron chi connectivity index (χ0n) is 10.3. The number of carbonyl (C=O) groups is 1. The van der Waals surface area contributed by atoms with E-state index in [2.05, 4.69) is 25.5 Å². The highest BCUT2D eigenvalue weighted by molar-refractivity contribution is 6.32. The van der Waals surface area contributed by atoms with Crippen molar-refractivity contribution in [1.82, 2.24) is 20.2 Å². The average molecular weight is 304 g/mol. The minimum atomic E-state index is -0.132. The van der Waals surface area contributed by atoms with Crippen molar-refractivity contribution in [2.75, 3.05) is 38.0 Å². The van der Waals surface area contributed by atoms with Crippen LogP contribution in [-0.2, 0) is 4.79 Å². The standard InChI is InChI=1S/C11H15Cl2N5O/c12-8-6-9(17-11(13)15-8)16-10(19)7-18-4-1-2-14-3-5-18/h6,14H,1-5,7H2,(H,15,16,17,19). The van der Waals surface area contributed by atoms with Crippen LogP contribution in [0.4, 0.5) is 5.82 Å². The Morgan fingerprint density at radius 2 is 2.21 bits per heavy atom. The first-order valence-corrected chi connectivity index (χ1v) is 6.82. The second kappa shape index (κ2) is 7.00. The first-order chi connectivity index (χ1) is 9.13. The van der Waals surface area contributed by atoms with Crippen molar-refractivity contribution in [2.24, 2.45) is 0 Å². The molecule has 0 aromatic carbocycles. The molecule has 6 nitrogen and oxygen atoms in total. The monoisotopic (exact) mass is 303 g/mol. The quantitative estimate of drug-likeness (QED) is 0.644. The molecular weight excluding hydrogens is 289 g/mol. The van der Waals surface area contributed by atoms with Gasteiger partial charge in [-0.3, -0.25) is 9.69 Å². The number of halogens is 2. The van der Waals surface area contributed by atoms with Gasteiger partial charge in [0.05, 0.1) is 6.54 Å². The molecule has 1 fully saturated rings. The summed E-state index contributed by atoms with van der Waals surface area (Å²) in [6.45, 7) is 4.00. The van der Waals surface area contributed by atoms with Gasteiger partial charge in [-0.2, -0.15) is 0 Å². The highest BCUT2D eigenvalue weighted by Gasteiger charge is 2.13. The van der Waals surface area contributed by atoms with Gasteiger partial charge in [-0.1, -0.05) is 11.6 Å². The maximum absolute atomic E-state index is 11.9. The molecule has 0 spiro atoms. The van der Waals surface area contributed by atoms with Crippen LogP contribution in [0.5, 0.6) is 0 Å². The van der Waals surface area contributed by atoms with Crippen molar-refractivity contribution in [1.29, 1.82) is 0 Å². The van der Waals surface area contributed by atoms with E-state index in [0.717, 1.165) is 32.6 Å². The molecule has 1 aliphatic heterocycles. The molecule has 0 bridgehead atoms. The Kier molecular flexibility index (Phi) is 5.33. The normalized spacial score (nSPS) is 16.9. The largest absolute Gasteiger partial charge is 0.315 e. The van der Waals surface area contributed by atoms with E-state index in [1.54, 1.807) is 0 Å². The van der Waals surface area contributed by atoms with E-state index in [-0.39, 0.29) is 16.3 Å². The van der Waals surface area contributed by atoms with Crippen molar-refractivity contribution in [3.8, 4) is 0 Å². The van der Waals surface area contributed by atoms with E-state index < -0.39 is 0 Å². The van der Waals surface area contributed by atoms with Crippen molar-refractivity contribution in [3.63, 3.8) is 0 Å². The summed E-state index contributed by atoms with van der Waals surface area (Å²) in [4.78, 5) is 21.6. The number of aromatic nitrogens is 2. The lowest BCUT2D eigenvalue weighted by atomic mass is 10.4. The van der Waals surface area contributed by atoms with Crippen LogP contribution in [0.1, 0.15) is 6.42 Å². The van der Waals surface area contributed by atoms with E-state index in [0.29, 0.717) is 12.4 Å². The highest BCUT2D eigenvalue weighted by Crippen LogP contribution is 2.14. The number of anilines is 1. The SMILES string of the molecule is O=C(CN1CCCNCC1)Nc1cc(Cl)nc(Cl)n1. The van der Waals surface area contributed by atoms with Crippen LogP contribution >= 0.6 is 23.2 Å². The number of carbonyl (C=O) groups excluding carboxylic acids is 1. The summed E-state index contributed by atoms with van der Waals surface area (Å²) in [5.41, 5.74) is 0. The molecule has 2 N–H and O–H groups in total. The molecule has 8 heteroatoms. The fourth-order valence-electron chi connectivity index (χ4n) is 1.90. The molecule has 1 aromatic rings. The summed E-state index contributed by atoms with van der Waals surface area (Å²) in [6.07, 6.45) is 1.04. The lowest BCUT2D eigenvalue weighted by Gasteiger charge is -2.18. The third-order valence-corrected chi connectivity index (χ3v) is 3.10. The van der Waals surface area contributed by atoms with Gasteiger partial charge in [0.1, 0.15) is 11.0 Å². The molecule has 0 radical (unpaired) electrons. The zero-order valence-corrected chi connectivity index (χ0v) is 11.8. The Hall–Kier alpha value is -0.950. The molecule has 0 aliphatic carbocycles. The van der Waals surface area contributed by atoms with Crippen molar-refractivity contribution >= 4 is 34.9 Å². The number of nitrogens with one attached hydrogen (secondary N) is 2. The van der Waals surface area contributed by atoms with Gasteiger partial charge in [-0.05, 0) is 31.1 Å². The number of rotatable bonds is 3. The lowest BCUT2D eigenvalue weighted by Crippen LogP contribution is -2.35. The third-order valence-electron chi connectivity index (χ3n) is 2.74. The fourth-order valence-corrected chi connectivity index (χ4v) is 2.31. The smallest absolute Gasteiger partial charge is 0.239 e. The number of amides is 1. The summed E-state index contributed by atoms with van der Waals surface area (Å²) in [7, 11) is 0. The molecule has 0 unspecified atom stereocenters. The lowest BCUT2D eigenvalue weighted by molar-refractivity contribution is -0.117. The molecule has 2 rings (SSSR count). The fraction of sp³-hybridized carbons (Fsp3) is 0.545. The summed E-state index contributed by atoms with van der Waals surface area (Å²) < 4.78 is 0. The maximum atomic E-state index is 11.9. The van der Waals surface area contributed by atoms with Crippen molar-refractivity contribution in [3.05, 3.63) is 16.5 Å². The molecule has 1 aliphatic rings. The maximum Gasteiger partial charge on any atom is 0.239 e. The predicted molar refractivity (Wildman–Crippen MR) is 74.6 cm³/mol. The predicted octanol–water partition coefficient (Wildman–Crippen LogP) is 1.02. The minimum absolute atomic E-state index is 0.0155. The molecule has 19 heavy (non-hydrogen) atoms. The second-order valence-electron chi connectivity index (χ2n) is 4.27. The second-order valence-corrected chi connectivity index (χ2v) is 5.00. The van der Waals surface area contributed by atoms with Gasteiger partial charge in [0.15, 0.2) is 0 Å². The Morgan fingerprint density at radius 3 is 3.00 bits per heavy atom. The van der Waals surface area contributed by atoms with Gasteiger partial charge in [0.25, 0.3) is 0 Å². The number of hydrogen-bond acceptors (Lipinski definition) is 5. The summed E-state index contributed by atoms with van der Waals surface area (Å²) >= 11 is 11.4. The Bertz CT molecular complexity index is 428. The molecule has 104 valence electrons. The molecule has 1 aromatic heterocycles. The van der Waals surface area contributed by atoms with Crippen LogP contribution in [-0.4, -0.2) is 53.5 Å². The van der Waals surface area contributed by atoms with Crippen LogP contribution in [0.2, 0.25) is 10.4 Å². The van der Waals surface area contributed by atoms with Crippen molar-refractivity contribution < 1.29 is 4.79 Å². The molecular formula is C11H15Cl2N5O. The summed E-state index contributed by atoms with van der Waals surface area (Å²) in [6, 6.07) is 1.47. The van der Waals surface area contributed by atoms with Crippen LogP contribution in [0.15, 0.2) is 6.07 Å². The third kappa shape index (κ3) is 4.91. The van der Waals surface area contributed by atoms with E-state index in [1.165, 1.54) is 6.07 Å². The van der Waals surface area contributed by atoms with Crippen LogP contribution in [0, 0.1) is 0 Å². The minimum Gasteiger partial charge on any atom is -0.315 e. The first kappa shape index (κ1) is 14.5. The van der Waals surface area contributed by atoms with Crippen molar-refractivity contribution in [2.45, 2.75) is 6.42 Å². The van der Waals surface area contributed by atoms with Crippen LogP contribution in [0.25, 0.3) is 0 Å². The topological polar surface area (TPSA) is 70.2 Å². The average Bonchev–Trinajstić information content (AvgIpc) is 2.55. The van der Waals surface area contributed by atoms with Crippen LogP contribution in [0.3, 0.4) is 0 Å². The van der Waals surface area contributed by atoms with Gasteiger partial charge in [-0.15, -0.1) is 0 Å². The Balaban J connectivity index is 1.89. The van der Waals surface area contributed by atoms with Gasteiger partial charge >= 0.3 is 0 Å². The molecule has 2 heterocycles. The Morgan fingerprint density at radius 1 is 1.37 bits per heavy atom. The summed E-state index contributed by atoms with van der Waals surface area (Å²) in [5.74, 6) is 0.190. The first-order valence-electron chi connectivity index (χ1n) is 6.06. The molecule has 0 atom stereocenters. The number of nitrogens with zero attached hydrogens (tertiary/aromatic N) is 3. The number of hydrogen-bond donors (Lipinski definition) is 2. The van der Waals surface area contributed by atoms with Crippen LogP contribution < -0.4 is 10.6 Å². The highest BCUT2D eigenvalue weighted by atomic mass is 35.5. The molecule has 1 saturated heterocycles.